The molecule has 1 aromatic rings. The molecule has 1 N–H and O–H groups in total. The quantitative estimate of drug-likeness (QED) is 0.863. The maximum Gasteiger partial charge on any atom is 0.129 e. The van der Waals surface area contributed by atoms with E-state index in [0.717, 1.165) is 25.9 Å². The van der Waals surface area contributed by atoms with Crippen LogP contribution in [0.2, 0.25) is 5.02 Å². The van der Waals surface area contributed by atoms with Gasteiger partial charge < -0.3 is 5.11 Å². The lowest BCUT2D eigenvalue weighted by molar-refractivity contribution is 0.0788. The third kappa shape index (κ3) is 2.73. The Hall–Kier alpha value is -0.640. The standard InChI is InChI=1S/C12H15ClFNO/c13-11-2-1-3-12(14)10(11)8-15-6-4-9(16)5-7-15/h1-3,9,16H,4-8H2. The number of nitrogens with zero attached hydrogens (tertiary/aromatic N) is 1. The van der Waals surface area contributed by atoms with Crippen molar-refractivity contribution >= 4 is 11.6 Å². The number of hydrogen-bond donors (Lipinski definition) is 1. The van der Waals surface area contributed by atoms with Crippen molar-refractivity contribution in [2.24, 2.45) is 0 Å². The predicted molar refractivity (Wildman–Crippen MR) is 61.9 cm³/mol. The topological polar surface area (TPSA) is 23.5 Å². The summed E-state index contributed by atoms with van der Waals surface area (Å²) in [6, 6.07) is 4.75. The highest BCUT2D eigenvalue weighted by Crippen LogP contribution is 2.22. The second-order valence-corrected chi connectivity index (χ2v) is 4.61. The Morgan fingerprint density at radius 3 is 2.69 bits per heavy atom. The molecule has 1 aliphatic heterocycles. The Morgan fingerprint density at radius 1 is 1.38 bits per heavy atom. The molecule has 1 fully saturated rings. The van der Waals surface area contributed by atoms with Crippen LogP contribution in [0.25, 0.3) is 0 Å². The number of likely N-dealkylation sites (tertiary alicyclic amines) is 1. The van der Waals surface area contributed by atoms with Gasteiger partial charge in [0.1, 0.15) is 5.82 Å². The van der Waals surface area contributed by atoms with Crippen LogP contribution in [0.15, 0.2) is 18.2 Å². The maximum absolute atomic E-state index is 13.5. The monoisotopic (exact) mass is 243 g/mol. The van der Waals surface area contributed by atoms with E-state index in [4.69, 9.17) is 11.6 Å². The zero-order valence-corrected chi connectivity index (χ0v) is 9.75. The lowest BCUT2D eigenvalue weighted by atomic mass is 10.1. The van der Waals surface area contributed by atoms with Gasteiger partial charge in [0.15, 0.2) is 0 Å². The molecule has 0 unspecified atom stereocenters. The number of hydrogen-bond acceptors (Lipinski definition) is 2. The van der Waals surface area contributed by atoms with Crippen LogP contribution in [0.1, 0.15) is 18.4 Å². The van der Waals surface area contributed by atoms with Crippen LogP contribution >= 0.6 is 11.6 Å². The van der Waals surface area contributed by atoms with Crippen molar-refractivity contribution in [3.8, 4) is 0 Å². The van der Waals surface area contributed by atoms with Gasteiger partial charge in [-0.25, -0.2) is 4.39 Å². The first-order valence-electron chi connectivity index (χ1n) is 5.50. The summed E-state index contributed by atoms with van der Waals surface area (Å²) < 4.78 is 13.5. The van der Waals surface area contributed by atoms with E-state index in [1.54, 1.807) is 12.1 Å². The SMILES string of the molecule is OC1CCN(Cc2c(F)cccc2Cl)CC1. The van der Waals surface area contributed by atoms with E-state index in [2.05, 4.69) is 4.90 Å². The summed E-state index contributed by atoms with van der Waals surface area (Å²) >= 11 is 5.96. The summed E-state index contributed by atoms with van der Waals surface area (Å²) in [4.78, 5) is 2.12. The van der Waals surface area contributed by atoms with E-state index < -0.39 is 0 Å². The summed E-state index contributed by atoms with van der Waals surface area (Å²) in [6.07, 6.45) is 1.31. The molecule has 0 bridgehead atoms. The fraction of sp³-hybridized carbons (Fsp3) is 0.500. The summed E-state index contributed by atoms with van der Waals surface area (Å²) in [6.45, 7) is 2.12. The first kappa shape index (κ1) is 11.8. The fourth-order valence-corrected chi connectivity index (χ4v) is 2.21. The first-order valence-corrected chi connectivity index (χ1v) is 5.88. The number of benzene rings is 1. The highest BCUT2D eigenvalue weighted by Gasteiger charge is 2.19. The first-order chi connectivity index (χ1) is 7.66. The minimum absolute atomic E-state index is 0.202. The average Bonchev–Trinajstić information content (AvgIpc) is 2.26. The summed E-state index contributed by atoms with van der Waals surface area (Å²) in [5.41, 5.74) is 0.556. The number of aliphatic hydroxyl groups excluding tert-OH is 1. The molecular formula is C12H15ClFNO. The molecule has 1 saturated heterocycles. The van der Waals surface area contributed by atoms with Crippen LogP contribution in [0, 0.1) is 5.82 Å². The minimum Gasteiger partial charge on any atom is -0.393 e. The third-order valence-electron chi connectivity index (χ3n) is 3.00. The number of piperidine rings is 1. The Bertz CT molecular complexity index is 344. The zero-order chi connectivity index (χ0) is 11.5. The molecule has 0 radical (unpaired) electrons. The number of aliphatic hydroxyl groups is 1. The van der Waals surface area contributed by atoms with Gasteiger partial charge >= 0.3 is 0 Å². The van der Waals surface area contributed by atoms with Gasteiger partial charge in [0.25, 0.3) is 0 Å². The molecule has 0 amide bonds. The van der Waals surface area contributed by atoms with Gasteiger partial charge in [0, 0.05) is 30.2 Å². The Labute approximate surface area is 99.6 Å². The molecule has 88 valence electrons. The van der Waals surface area contributed by atoms with Crippen molar-refractivity contribution in [2.75, 3.05) is 13.1 Å². The third-order valence-corrected chi connectivity index (χ3v) is 3.35. The Morgan fingerprint density at radius 2 is 2.06 bits per heavy atom. The van der Waals surface area contributed by atoms with Gasteiger partial charge in [-0.1, -0.05) is 17.7 Å². The van der Waals surface area contributed by atoms with Crippen molar-refractivity contribution < 1.29 is 9.50 Å². The lowest BCUT2D eigenvalue weighted by Gasteiger charge is -2.29. The van der Waals surface area contributed by atoms with Gasteiger partial charge in [0.05, 0.1) is 6.10 Å². The highest BCUT2D eigenvalue weighted by molar-refractivity contribution is 6.31. The lowest BCUT2D eigenvalue weighted by Crippen LogP contribution is -2.35. The molecule has 0 saturated carbocycles. The molecule has 1 heterocycles. The van der Waals surface area contributed by atoms with Gasteiger partial charge in [0.2, 0.25) is 0 Å². The van der Waals surface area contributed by atoms with Crippen LogP contribution in [0.4, 0.5) is 4.39 Å². The molecule has 2 nitrogen and oxygen atoms in total. The normalized spacial score (nSPS) is 18.9. The molecule has 0 aliphatic carbocycles. The molecule has 16 heavy (non-hydrogen) atoms. The van der Waals surface area contributed by atoms with Crippen LogP contribution in [-0.4, -0.2) is 29.2 Å². The van der Waals surface area contributed by atoms with Gasteiger partial charge in [-0.15, -0.1) is 0 Å². The van der Waals surface area contributed by atoms with Gasteiger partial charge in [-0.2, -0.15) is 0 Å². The van der Waals surface area contributed by atoms with E-state index in [1.807, 2.05) is 0 Å². The predicted octanol–water partition coefficient (Wildman–Crippen LogP) is 2.44. The van der Waals surface area contributed by atoms with Crippen LogP contribution in [-0.2, 0) is 6.54 Å². The van der Waals surface area contributed by atoms with Crippen molar-refractivity contribution in [1.82, 2.24) is 4.90 Å². The molecule has 1 aliphatic rings. The smallest absolute Gasteiger partial charge is 0.129 e. The Balaban J connectivity index is 2.04. The number of rotatable bonds is 2. The highest BCUT2D eigenvalue weighted by atomic mass is 35.5. The maximum atomic E-state index is 13.5. The molecule has 1 aromatic carbocycles. The molecule has 0 spiro atoms. The second kappa shape index (κ2) is 5.13. The Kier molecular flexibility index (Phi) is 3.79. The van der Waals surface area contributed by atoms with Crippen molar-refractivity contribution in [2.45, 2.75) is 25.5 Å². The number of halogens is 2. The van der Waals surface area contributed by atoms with E-state index in [-0.39, 0.29) is 11.9 Å². The van der Waals surface area contributed by atoms with E-state index in [1.165, 1.54) is 6.07 Å². The molecule has 0 atom stereocenters. The van der Waals surface area contributed by atoms with Crippen molar-refractivity contribution in [1.29, 1.82) is 0 Å². The van der Waals surface area contributed by atoms with Crippen LogP contribution < -0.4 is 0 Å². The zero-order valence-electron chi connectivity index (χ0n) is 9.00. The van der Waals surface area contributed by atoms with Crippen LogP contribution in [0.5, 0.6) is 0 Å². The summed E-state index contributed by atoms with van der Waals surface area (Å²) in [5, 5.41) is 9.85. The average molecular weight is 244 g/mol. The van der Waals surface area contributed by atoms with Gasteiger partial charge in [-0.3, -0.25) is 4.90 Å². The summed E-state index contributed by atoms with van der Waals surface area (Å²) in [5.74, 6) is -0.251. The van der Waals surface area contributed by atoms with Gasteiger partial charge in [-0.05, 0) is 25.0 Å². The largest absolute Gasteiger partial charge is 0.393 e. The molecule has 4 heteroatoms. The second-order valence-electron chi connectivity index (χ2n) is 4.21. The molecule has 2 rings (SSSR count). The van der Waals surface area contributed by atoms with E-state index in [0.29, 0.717) is 17.1 Å². The molecular weight excluding hydrogens is 229 g/mol. The minimum atomic E-state index is -0.251. The fourth-order valence-electron chi connectivity index (χ4n) is 1.98. The summed E-state index contributed by atoms with van der Waals surface area (Å²) in [7, 11) is 0. The van der Waals surface area contributed by atoms with E-state index >= 15 is 0 Å². The van der Waals surface area contributed by atoms with Crippen molar-refractivity contribution in [3.05, 3.63) is 34.6 Å². The molecule has 0 aromatic heterocycles. The van der Waals surface area contributed by atoms with Crippen LogP contribution in [0.3, 0.4) is 0 Å². The van der Waals surface area contributed by atoms with Crippen molar-refractivity contribution in [3.63, 3.8) is 0 Å². The van der Waals surface area contributed by atoms with E-state index in [9.17, 15) is 9.50 Å².